The molecule has 0 fully saturated rings. The van der Waals surface area contributed by atoms with Gasteiger partial charge in [-0.3, -0.25) is 4.79 Å². The van der Waals surface area contributed by atoms with Crippen molar-refractivity contribution in [1.82, 2.24) is 25.5 Å². The lowest BCUT2D eigenvalue weighted by Crippen LogP contribution is -2.31. The van der Waals surface area contributed by atoms with Gasteiger partial charge in [0.05, 0.1) is 5.69 Å². The van der Waals surface area contributed by atoms with Gasteiger partial charge in [0.25, 0.3) is 5.91 Å². The molecule has 0 aliphatic carbocycles. The Bertz CT molecular complexity index is 805. The van der Waals surface area contributed by atoms with Crippen LogP contribution in [0.1, 0.15) is 18.4 Å². The van der Waals surface area contributed by atoms with Crippen molar-refractivity contribution in [3.63, 3.8) is 0 Å². The van der Waals surface area contributed by atoms with Gasteiger partial charge in [-0.15, -0.1) is 5.10 Å². The monoisotopic (exact) mass is 337 g/mol. The molecule has 2 aromatic carbocycles. The maximum absolute atomic E-state index is 12.0. The summed E-state index contributed by atoms with van der Waals surface area (Å²) < 4.78 is 7.07. The van der Waals surface area contributed by atoms with Crippen molar-refractivity contribution in [2.75, 3.05) is 13.2 Å². The minimum atomic E-state index is -0.157. The average molecular weight is 337 g/mol. The Balaban J connectivity index is 1.48. The third-order valence-corrected chi connectivity index (χ3v) is 3.78. The van der Waals surface area contributed by atoms with Crippen LogP contribution in [0.3, 0.4) is 0 Å². The number of amides is 1. The summed E-state index contributed by atoms with van der Waals surface area (Å²) in [5.41, 5.74) is 1.96. The first-order chi connectivity index (χ1) is 12.2. The molecule has 7 heteroatoms. The van der Waals surface area contributed by atoms with Crippen LogP contribution in [0.4, 0.5) is 0 Å². The quantitative estimate of drug-likeness (QED) is 0.713. The van der Waals surface area contributed by atoms with Crippen LogP contribution in [-0.2, 0) is 4.79 Å². The molecule has 3 aromatic rings. The maximum Gasteiger partial charge on any atom is 0.257 e. The molecule has 0 aliphatic heterocycles. The van der Waals surface area contributed by atoms with Gasteiger partial charge >= 0.3 is 0 Å². The first-order valence-corrected chi connectivity index (χ1v) is 8.00. The van der Waals surface area contributed by atoms with E-state index in [1.165, 1.54) is 16.6 Å². The van der Waals surface area contributed by atoms with Crippen molar-refractivity contribution in [3.8, 4) is 11.4 Å². The minimum absolute atomic E-state index is 0.0411. The molecule has 3 rings (SSSR count). The topological polar surface area (TPSA) is 81.9 Å². The highest BCUT2D eigenvalue weighted by atomic mass is 16.5. The van der Waals surface area contributed by atoms with Crippen LogP contribution in [0.25, 0.3) is 5.69 Å². The van der Waals surface area contributed by atoms with Crippen LogP contribution >= 0.6 is 0 Å². The number of benzene rings is 2. The second-order valence-corrected chi connectivity index (χ2v) is 5.66. The van der Waals surface area contributed by atoms with Crippen molar-refractivity contribution >= 4 is 5.91 Å². The van der Waals surface area contributed by atoms with Gasteiger partial charge in [-0.25, -0.2) is 4.68 Å². The summed E-state index contributed by atoms with van der Waals surface area (Å²) in [7, 11) is 0. The first kappa shape index (κ1) is 16.6. The molecule has 0 bridgehead atoms. The van der Waals surface area contributed by atoms with Crippen LogP contribution in [0.2, 0.25) is 0 Å². The van der Waals surface area contributed by atoms with E-state index in [-0.39, 0.29) is 18.4 Å². The minimum Gasteiger partial charge on any atom is -0.484 e. The van der Waals surface area contributed by atoms with Crippen LogP contribution in [0.5, 0.6) is 5.75 Å². The highest BCUT2D eigenvalue weighted by Gasteiger charge is 2.08. The molecule has 1 amide bonds. The number of nitrogens with one attached hydrogen (secondary N) is 1. The van der Waals surface area contributed by atoms with E-state index >= 15 is 0 Å². The standard InChI is InChI=1S/C18H19N5O2/c1-14(15-6-3-2-4-7-15)11-19-18(24)12-25-17-9-5-8-16(10-17)23-13-20-21-22-23/h2-10,13-14H,11-12H2,1H3,(H,19,24)/t14-/m0/s1. The van der Waals surface area contributed by atoms with E-state index in [4.69, 9.17) is 4.74 Å². The predicted octanol–water partition coefficient (Wildman–Crippen LogP) is 1.96. The highest BCUT2D eigenvalue weighted by Crippen LogP contribution is 2.16. The zero-order chi connectivity index (χ0) is 17.5. The molecule has 7 nitrogen and oxygen atoms in total. The van der Waals surface area contributed by atoms with Crippen molar-refractivity contribution in [1.29, 1.82) is 0 Å². The smallest absolute Gasteiger partial charge is 0.257 e. The predicted molar refractivity (Wildman–Crippen MR) is 92.5 cm³/mol. The number of rotatable bonds is 7. The van der Waals surface area contributed by atoms with Crippen molar-refractivity contribution < 1.29 is 9.53 Å². The summed E-state index contributed by atoms with van der Waals surface area (Å²) in [4.78, 5) is 12.0. The summed E-state index contributed by atoms with van der Waals surface area (Å²) in [5, 5.41) is 13.9. The van der Waals surface area contributed by atoms with E-state index < -0.39 is 0 Å². The molecule has 1 atom stereocenters. The molecule has 0 radical (unpaired) electrons. The lowest BCUT2D eigenvalue weighted by atomic mass is 10.0. The fourth-order valence-electron chi connectivity index (χ4n) is 2.36. The van der Waals surface area contributed by atoms with Crippen molar-refractivity contribution in [3.05, 3.63) is 66.5 Å². The number of hydrogen-bond donors (Lipinski definition) is 1. The summed E-state index contributed by atoms with van der Waals surface area (Å²) in [6.07, 6.45) is 1.50. The second-order valence-electron chi connectivity index (χ2n) is 5.66. The molecule has 1 heterocycles. The highest BCUT2D eigenvalue weighted by molar-refractivity contribution is 5.77. The number of nitrogens with zero attached hydrogens (tertiary/aromatic N) is 4. The largest absolute Gasteiger partial charge is 0.484 e. The van der Waals surface area contributed by atoms with E-state index in [1.807, 2.05) is 30.3 Å². The van der Waals surface area contributed by atoms with E-state index in [0.29, 0.717) is 12.3 Å². The molecule has 1 N–H and O–H groups in total. The Labute approximate surface area is 145 Å². The van der Waals surface area contributed by atoms with Gasteiger partial charge in [-0.05, 0) is 34.0 Å². The number of carbonyl (C=O) groups excluding carboxylic acids is 1. The van der Waals surface area contributed by atoms with Crippen molar-refractivity contribution in [2.24, 2.45) is 0 Å². The number of carbonyl (C=O) groups is 1. The van der Waals surface area contributed by atoms with Gasteiger partial charge in [-0.1, -0.05) is 43.3 Å². The Morgan fingerprint density at radius 3 is 2.80 bits per heavy atom. The maximum atomic E-state index is 12.0. The van der Waals surface area contributed by atoms with Crippen LogP contribution in [0, 0.1) is 0 Å². The van der Waals surface area contributed by atoms with Crippen molar-refractivity contribution in [2.45, 2.75) is 12.8 Å². The summed E-state index contributed by atoms with van der Waals surface area (Å²) in [6, 6.07) is 17.3. The van der Waals surface area contributed by atoms with Gasteiger partial charge in [0.15, 0.2) is 6.61 Å². The molecule has 0 unspecified atom stereocenters. The number of ether oxygens (including phenoxy) is 1. The summed E-state index contributed by atoms with van der Waals surface area (Å²) in [5.74, 6) is 0.670. The molecule has 0 spiro atoms. The fourth-order valence-corrected chi connectivity index (χ4v) is 2.36. The summed E-state index contributed by atoms with van der Waals surface area (Å²) >= 11 is 0. The zero-order valence-electron chi connectivity index (χ0n) is 13.9. The molecule has 0 saturated heterocycles. The van der Waals surface area contributed by atoms with Crippen LogP contribution in [-0.4, -0.2) is 39.3 Å². The number of tetrazole rings is 1. The molecule has 0 aliphatic rings. The Hall–Kier alpha value is -3.22. The van der Waals surface area contributed by atoms with Crippen LogP contribution < -0.4 is 10.1 Å². The van der Waals surface area contributed by atoms with Crippen LogP contribution in [0.15, 0.2) is 60.9 Å². The second kappa shape index (κ2) is 8.05. The van der Waals surface area contributed by atoms with Gasteiger partial charge in [0.2, 0.25) is 0 Å². The van der Waals surface area contributed by atoms with E-state index in [1.54, 1.807) is 12.1 Å². The Morgan fingerprint density at radius 2 is 2.04 bits per heavy atom. The van der Waals surface area contributed by atoms with Gasteiger partial charge < -0.3 is 10.1 Å². The van der Waals surface area contributed by atoms with E-state index in [2.05, 4.69) is 39.9 Å². The normalized spacial score (nSPS) is 11.7. The van der Waals surface area contributed by atoms with E-state index in [9.17, 15) is 4.79 Å². The average Bonchev–Trinajstić information content (AvgIpc) is 3.20. The number of aromatic nitrogens is 4. The Kier molecular flexibility index (Phi) is 5.36. The molecule has 25 heavy (non-hydrogen) atoms. The molecule has 128 valence electrons. The van der Waals surface area contributed by atoms with Gasteiger partial charge in [0, 0.05) is 12.6 Å². The molecular weight excluding hydrogens is 318 g/mol. The third-order valence-electron chi connectivity index (χ3n) is 3.78. The lowest BCUT2D eigenvalue weighted by Gasteiger charge is -2.13. The molecular formula is C18H19N5O2. The fraction of sp³-hybridized carbons (Fsp3) is 0.222. The molecule has 1 aromatic heterocycles. The zero-order valence-corrected chi connectivity index (χ0v) is 13.9. The first-order valence-electron chi connectivity index (χ1n) is 8.00. The lowest BCUT2D eigenvalue weighted by molar-refractivity contribution is -0.123. The SMILES string of the molecule is C[C@@H](CNC(=O)COc1cccc(-n2cnnn2)c1)c1ccccc1. The number of hydrogen-bond acceptors (Lipinski definition) is 5. The van der Waals surface area contributed by atoms with E-state index in [0.717, 1.165) is 5.69 Å². The van der Waals surface area contributed by atoms with Gasteiger partial charge in [0.1, 0.15) is 12.1 Å². The summed E-state index contributed by atoms with van der Waals surface area (Å²) in [6.45, 7) is 2.60. The Morgan fingerprint density at radius 1 is 1.20 bits per heavy atom. The molecule has 0 saturated carbocycles. The van der Waals surface area contributed by atoms with Gasteiger partial charge in [-0.2, -0.15) is 0 Å². The third kappa shape index (κ3) is 4.63.